The van der Waals surface area contributed by atoms with Crippen LogP contribution in [0.5, 0.6) is 0 Å². The zero-order chi connectivity index (χ0) is 6.53. The molecule has 0 radical (unpaired) electrons. The van der Waals surface area contributed by atoms with E-state index in [0.29, 0.717) is 0 Å². The molecule has 0 aromatic heterocycles. The fourth-order valence-corrected chi connectivity index (χ4v) is 1.16. The Kier molecular flexibility index (Phi) is 2.62. The van der Waals surface area contributed by atoms with Crippen molar-refractivity contribution in [3.63, 3.8) is 0 Å². The summed E-state index contributed by atoms with van der Waals surface area (Å²) in [6.45, 7) is 3.41. The molecular formula is C8H15N. The summed E-state index contributed by atoms with van der Waals surface area (Å²) >= 11 is 0. The summed E-state index contributed by atoms with van der Waals surface area (Å²) < 4.78 is 0. The molecule has 1 heteroatoms. The molecule has 1 aliphatic rings. The fourth-order valence-electron chi connectivity index (χ4n) is 1.16. The van der Waals surface area contributed by atoms with Gasteiger partial charge in [0.05, 0.1) is 0 Å². The molecule has 0 saturated carbocycles. The molecular weight excluding hydrogens is 110 g/mol. The average Bonchev–Trinajstić information content (AvgIpc) is 1.91. The predicted octanol–water partition coefficient (Wildman–Crippen LogP) is 2.05. The van der Waals surface area contributed by atoms with E-state index in [1.807, 2.05) is 0 Å². The zero-order valence-electron chi connectivity index (χ0n) is 6.11. The molecule has 9 heavy (non-hydrogen) atoms. The molecule has 0 bridgehead atoms. The first kappa shape index (κ1) is 6.66. The number of nitrogens with one attached hydrogen (secondary N) is 1. The Morgan fingerprint density at radius 1 is 1.67 bits per heavy atom. The molecule has 0 saturated heterocycles. The Bertz CT molecular complexity index is 105. The maximum atomic E-state index is 3.38. The molecule has 1 nitrogen and oxygen atoms in total. The number of hydrogen-bond donors (Lipinski definition) is 1. The third kappa shape index (κ3) is 2.08. The van der Waals surface area contributed by atoms with Crippen molar-refractivity contribution in [2.45, 2.75) is 32.6 Å². The van der Waals surface area contributed by atoms with E-state index in [-0.39, 0.29) is 0 Å². The van der Waals surface area contributed by atoms with Gasteiger partial charge in [-0.3, -0.25) is 0 Å². The lowest BCUT2D eigenvalue weighted by molar-refractivity contribution is 0.652. The van der Waals surface area contributed by atoms with E-state index in [1.54, 1.807) is 0 Å². The molecule has 0 aromatic rings. The van der Waals surface area contributed by atoms with Crippen LogP contribution in [0.1, 0.15) is 32.6 Å². The van der Waals surface area contributed by atoms with Crippen LogP contribution in [0.25, 0.3) is 0 Å². The number of allylic oxidation sites excluding steroid dienone is 2. The highest BCUT2D eigenvalue weighted by Gasteiger charge is 1.98. The molecule has 0 fully saturated rings. The third-order valence-corrected chi connectivity index (χ3v) is 1.64. The van der Waals surface area contributed by atoms with Crippen molar-refractivity contribution in [1.82, 2.24) is 5.32 Å². The van der Waals surface area contributed by atoms with Gasteiger partial charge < -0.3 is 5.32 Å². The van der Waals surface area contributed by atoms with E-state index in [4.69, 9.17) is 0 Å². The van der Waals surface area contributed by atoms with Crippen molar-refractivity contribution in [1.29, 1.82) is 0 Å². The second kappa shape index (κ2) is 3.54. The topological polar surface area (TPSA) is 12.0 Å². The standard InChI is InChI=1S/C8H15N/c1-2-5-8-6-3-4-7-9-8/h6,9H,2-5,7H2,1H3. The second-order valence-corrected chi connectivity index (χ2v) is 2.55. The summed E-state index contributed by atoms with van der Waals surface area (Å²) in [4.78, 5) is 0. The number of hydrogen-bond acceptors (Lipinski definition) is 1. The van der Waals surface area contributed by atoms with Crippen LogP contribution in [0, 0.1) is 0 Å². The van der Waals surface area contributed by atoms with Crippen molar-refractivity contribution >= 4 is 0 Å². The third-order valence-electron chi connectivity index (χ3n) is 1.64. The van der Waals surface area contributed by atoms with Crippen LogP contribution < -0.4 is 5.32 Å². The molecule has 0 amide bonds. The molecule has 0 aromatic carbocycles. The lowest BCUT2D eigenvalue weighted by Gasteiger charge is -2.14. The Balaban J connectivity index is 2.28. The Hall–Kier alpha value is -0.460. The summed E-state index contributed by atoms with van der Waals surface area (Å²) in [5.74, 6) is 0. The summed E-state index contributed by atoms with van der Waals surface area (Å²) in [5.41, 5.74) is 1.46. The summed E-state index contributed by atoms with van der Waals surface area (Å²) in [6.07, 6.45) is 7.42. The van der Waals surface area contributed by atoms with Crippen LogP contribution in [0.4, 0.5) is 0 Å². The van der Waals surface area contributed by atoms with Crippen LogP contribution in [0.3, 0.4) is 0 Å². The highest BCUT2D eigenvalue weighted by molar-refractivity contribution is 5.02. The van der Waals surface area contributed by atoms with Gasteiger partial charge in [0.15, 0.2) is 0 Å². The van der Waals surface area contributed by atoms with Crippen molar-refractivity contribution in [3.05, 3.63) is 11.8 Å². The lowest BCUT2D eigenvalue weighted by atomic mass is 10.1. The maximum Gasteiger partial charge on any atom is 0.0146 e. The highest BCUT2D eigenvalue weighted by Crippen LogP contribution is 2.07. The molecule has 1 N–H and O–H groups in total. The maximum absolute atomic E-state index is 3.38. The van der Waals surface area contributed by atoms with Gasteiger partial charge in [-0.25, -0.2) is 0 Å². The van der Waals surface area contributed by atoms with Crippen LogP contribution in [0.2, 0.25) is 0 Å². The van der Waals surface area contributed by atoms with Gasteiger partial charge in [-0.2, -0.15) is 0 Å². The Morgan fingerprint density at radius 2 is 2.56 bits per heavy atom. The van der Waals surface area contributed by atoms with E-state index < -0.39 is 0 Å². The minimum atomic E-state index is 1.19. The molecule has 52 valence electrons. The van der Waals surface area contributed by atoms with Gasteiger partial charge in [0.2, 0.25) is 0 Å². The first-order valence-electron chi connectivity index (χ1n) is 3.86. The Morgan fingerprint density at radius 3 is 3.11 bits per heavy atom. The van der Waals surface area contributed by atoms with Crippen molar-refractivity contribution in [2.24, 2.45) is 0 Å². The first-order chi connectivity index (χ1) is 4.43. The van der Waals surface area contributed by atoms with E-state index in [2.05, 4.69) is 18.3 Å². The van der Waals surface area contributed by atoms with Gasteiger partial charge in [-0.15, -0.1) is 0 Å². The zero-order valence-corrected chi connectivity index (χ0v) is 6.11. The molecule has 0 atom stereocenters. The largest absolute Gasteiger partial charge is 0.389 e. The predicted molar refractivity (Wildman–Crippen MR) is 40.2 cm³/mol. The van der Waals surface area contributed by atoms with Crippen LogP contribution in [-0.4, -0.2) is 6.54 Å². The first-order valence-corrected chi connectivity index (χ1v) is 3.86. The minimum Gasteiger partial charge on any atom is -0.389 e. The minimum absolute atomic E-state index is 1.19. The van der Waals surface area contributed by atoms with E-state index in [1.165, 1.54) is 37.9 Å². The highest BCUT2D eigenvalue weighted by atomic mass is 14.9. The van der Waals surface area contributed by atoms with Crippen molar-refractivity contribution < 1.29 is 0 Å². The SMILES string of the molecule is CCCC1=CCCCN1. The van der Waals surface area contributed by atoms with Gasteiger partial charge >= 0.3 is 0 Å². The average molecular weight is 125 g/mol. The smallest absolute Gasteiger partial charge is 0.0146 e. The lowest BCUT2D eigenvalue weighted by Crippen LogP contribution is -2.17. The Labute approximate surface area is 57.1 Å². The quantitative estimate of drug-likeness (QED) is 0.595. The van der Waals surface area contributed by atoms with E-state index in [0.717, 1.165) is 0 Å². The molecule has 1 heterocycles. The van der Waals surface area contributed by atoms with E-state index in [9.17, 15) is 0 Å². The molecule has 0 aliphatic carbocycles. The van der Waals surface area contributed by atoms with Crippen molar-refractivity contribution in [3.8, 4) is 0 Å². The van der Waals surface area contributed by atoms with Crippen LogP contribution in [0.15, 0.2) is 11.8 Å². The summed E-state index contributed by atoms with van der Waals surface area (Å²) in [7, 11) is 0. The van der Waals surface area contributed by atoms with Gasteiger partial charge in [-0.05, 0) is 19.3 Å². The van der Waals surface area contributed by atoms with Crippen LogP contribution >= 0.6 is 0 Å². The summed E-state index contributed by atoms with van der Waals surface area (Å²) in [6, 6.07) is 0. The molecule has 1 aliphatic heterocycles. The molecule has 0 spiro atoms. The van der Waals surface area contributed by atoms with Gasteiger partial charge in [0.1, 0.15) is 0 Å². The molecule has 0 unspecified atom stereocenters. The normalized spacial score (nSPS) is 18.6. The monoisotopic (exact) mass is 125 g/mol. The van der Waals surface area contributed by atoms with E-state index >= 15 is 0 Å². The number of rotatable bonds is 2. The van der Waals surface area contributed by atoms with Crippen LogP contribution in [-0.2, 0) is 0 Å². The van der Waals surface area contributed by atoms with Gasteiger partial charge in [0.25, 0.3) is 0 Å². The fraction of sp³-hybridized carbons (Fsp3) is 0.750. The summed E-state index contributed by atoms with van der Waals surface area (Å²) in [5, 5.41) is 3.38. The molecule has 1 rings (SSSR count). The van der Waals surface area contributed by atoms with Crippen molar-refractivity contribution in [2.75, 3.05) is 6.54 Å². The second-order valence-electron chi connectivity index (χ2n) is 2.55. The van der Waals surface area contributed by atoms with Gasteiger partial charge in [-0.1, -0.05) is 19.4 Å². The van der Waals surface area contributed by atoms with Gasteiger partial charge in [0, 0.05) is 12.2 Å².